The van der Waals surface area contributed by atoms with Crippen LogP contribution in [0.2, 0.25) is 0 Å². The summed E-state index contributed by atoms with van der Waals surface area (Å²) in [6, 6.07) is 67.3. The van der Waals surface area contributed by atoms with Crippen LogP contribution >= 0.6 is 0 Å². The number of ether oxygens (including phenoxy) is 5. The molecule has 8 fully saturated rings. The van der Waals surface area contributed by atoms with E-state index >= 15 is 0 Å². The van der Waals surface area contributed by atoms with Crippen LogP contribution in [0.1, 0.15) is 367 Å². The SMILES string of the molecule is C.C.C.CCC(C)(C)C(=O)OC(C)(C)c1ccccc1.CCC(C)(C)C(=O)OC1(c2ccccc2)C2CC3CC(C2)CC1C3.CCC(C)(C)C(=O)OC1(c2ccccc2)CCC2CCCCC2C1.CCC(C)(C)c1ccc(C(=O)OC2(c3ccccc3)CCCC2)cc1.CCC(C)(C)c1ccc(C(=O)OC2(c3ccccc3)CCCCC2)cc1. The van der Waals surface area contributed by atoms with E-state index in [1.807, 2.05) is 159 Å². The number of carbonyl (C=O) groups is 5. The highest BCUT2D eigenvalue weighted by atomic mass is 16.6. The van der Waals surface area contributed by atoms with Crippen molar-refractivity contribution >= 4 is 29.8 Å². The van der Waals surface area contributed by atoms with Gasteiger partial charge in [-0.05, 0) is 288 Å². The van der Waals surface area contributed by atoms with Gasteiger partial charge in [0.15, 0.2) is 0 Å². The molecule has 0 saturated heterocycles. The summed E-state index contributed by atoms with van der Waals surface area (Å²) in [4.78, 5) is 63.7. The van der Waals surface area contributed by atoms with Crippen LogP contribution in [0.25, 0.3) is 0 Å². The van der Waals surface area contributed by atoms with Crippen molar-refractivity contribution in [2.45, 2.75) is 346 Å². The highest BCUT2D eigenvalue weighted by molar-refractivity contribution is 5.90. The second-order valence-electron chi connectivity index (χ2n) is 39.0. The van der Waals surface area contributed by atoms with Crippen LogP contribution in [-0.4, -0.2) is 29.8 Å². The lowest BCUT2D eigenvalue weighted by atomic mass is 9.48. The summed E-state index contributed by atoms with van der Waals surface area (Å²) < 4.78 is 30.7. The van der Waals surface area contributed by atoms with Gasteiger partial charge in [0, 0.05) is 11.8 Å². The maximum atomic E-state index is 13.0. The largest absolute Gasteiger partial charge is 0.454 e. The summed E-state index contributed by atoms with van der Waals surface area (Å²) in [6.07, 6.45) is 28.7. The molecule has 0 aliphatic heterocycles. The molecule has 0 amide bonds. The second-order valence-corrected chi connectivity index (χ2v) is 39.0. The van der Waals surface area contributed by atoms with Gasteiger partial charge in [0.25, 0.3) is 0 Å². The van der Waals surface area contributed by atoms with E-state index in [-0.39, 0.29) is 68.6 Å². The molecule has 0 radical (unpaired) electrons. The monoisotopic (exact) mass is 1620 g/mol. The molecule has 0 heterocycles. The first-order valence-electron chi connectivity index (χ1n) is 44.8. The molecule has 8 saturated carbocycles. The van der Waals surface area contributed by atoms with Gasteiger partial charge in [0.1, 0.15) is 28.0 Å². The molecule has 119 heavy (non-hydrogen) atoms. The lowest BCUT2D eigenvalue weighted by Gasteiger charge is -2.60. The highest BCUT2D eigenvalue weighted by Crippen LogP contribution is 2.64. The zero-order chi connectivity index (χ0) is 83.8. The zero-order valence-electron chi connectivity index (χ0n) is 74.0. The van der Waals surface area contributed by atoms with Crippen molar-refractivity contribution in [3.63, 3.8) is 0 Å². The number of rotatable bonds is 22. The van der Waals surface area contributed by atoms with Crippen molar-refractivity contribution in [1.29, 1.82) is 0 Å². The van der Waals surface area contributed by atoms with Crippen LogP contribution < -0.4 is 0 Å². The van der Waals surface area contributed by atoms with Crippen LogP contribution in [0.5, 0.6) is 0 Å². The Morgan fingerprint density at radius 1 is 0.319 bits per heavy atom. The number of benzene rings is 7. The third-order valence-corrected chi connectivity index (χ3v) is 28.9. The van der Waals surface area contributed by atoms with Crippen molar-refractivity contribution in [3.8, 4) is 0 Å². The summed E-state index contributed by atoms with van der Waals surface area (Å²) in [7, 11) is 0. The molecule has 0 aromatic heterocycles. The Bertz CT molecular complexity index is 4230. The third kappa shape index (κ3) is 23.6. The Hall–Kier alpha value is -8.11. The molecule has 7 aromatic carbocycles. The Morgan fingerprint density at radius 3 is 1.03 bits per heavy atom. The minimum Gasteiger partial charge on any atom is -0.454 e. The minimum absolute atomic E-state index is 0. The van der Waals surface area contributed by atoms with Gasteiger partial charge in [-0.2, -0.15) is 0 Å². The van der Waals surface area contributed by atoms with Crippen LogP contribution in [0.4, 0.5) is 0 Å². The van der Waals surface area contributed by atoms with E-state index < -0.39 is 38.6 Å². The Kier molecular flexibility index (Phi) is 34.7. The van der Waals surface area contributed by atoms with E-state index in [0.29, 0.717) is 28.9 Å². The van der Waals surface area contributed by atoms with Crippen molar-refractivity contribution in [3.05, 3.63) is 250 Å². The molecule has 7 aromatic rings. The minimum atomic E-state index is -0.579. The number of esters is 5. The Labute approximate surface area is 721 Å². The van der Waals surface area contributed by atoms with Crippen LogP contribution in [-0.2, 0) is 76.9 Å². The molecule has 3 unspecified atom stereocenters. The summed E-state index contributed by atoms with van der Waals surface area (Å²) >= 11 is 0. The van der Waals surface area contributed by atoms with Gasteiger partial charge in [0.2, 0.25) is 0 Å². The maximum Gasteiger partial charge on any atom is 0.339 e. The number of hydrogen-bond donors (Lipinski definition) is 0. The fraction of sp³-hybridized carbons (Fsp3) is 0.569. The highest BCUT2D eigenvalue weighted by Gasteiger charge is 2.61. The lowest BCUT2D eigenvalue weighted by Crippen LogP contribution is -2.58. The van der Waals surface area contributed by atoms with E-state index in [1.54, 1.807) is 0 Å². The topological polar surface area (TPSA) is 132 Å². The van der Waals surface area contributed by atoms with E-state index in [0.717, 1.165) is 131 Å². The molecule has 10 heteroatoms. The van der Waals surface area contributed by atoms with Gasteiger partial charge in [-0.1, -0.05) is 293 Å². The fourth-order valence-corrected chi connectivity index (χ4v) is 19.1. The first kappa shape index (κ1) is 98.0. The molecule has 3 atom stereocenters. The first-order valence-corrected chi connectivity index (χ1v) is 44.8. The molecule has 0 N–H and O–H groups in total. The van der Waals surface area contributed by atoms with Crippen molar-refractivity contribution in [2.24, 2.45) is 51.8 Å². The molecule has 8 aliphatic rings. The van der Waals surface area contributed by atoms with Crippen LogP contribution in [0.3, 0.4) is 0 Å². The lowest BCUT2D eigenvalue weighted by molar-refractivity contribution is -0.222. The normalized spacial score (nSPS) is 22.6. The van der Waals surface area contributed by atoms with Crippen LogP contribution in [0.15, 0.2) is 200 Å². The quantitative estimate of drug-likeness (QED) is 0.0477. The predicted molar refractivity (Wildman–Crippen MR) is 491 cm³/mol. The van der Waals surface area contributed by atoms with E-state index in [2.05, 4.69) is 159 Å². The zero-order valence-corrected chi connectivity index (χ0v) is 74.0. The molecule has 15 rings (SSSR count). The van der Waals surface area contributed by atoms with Gasteiger partial charge in [-0.15, -0.1) is 0 Å². The van der Waals surface area contributed by atoms with Gasteiger partial charge in [-0.3, -0.25) is 14.4 Å². The second kappa shape index (κ2) is 42.1. The van der Waals surface area contributed by atoms with E-state index in [9.17, 15) is 24.0 Å². The number of carbonyl (C=O) groups excluding carboxylic acids is 5. The third-order valence-electron chi connectivity index (χ3n) is 28.9. The van der Waals surface area contributed by atoms with E-state index in [1.165, 1.54) is 92.9 Å². The predicted octanol–water partition coefficient (Wildman–Crippen LogP) is 29.4. The number of fused-ring (bicyclic) bond motifs is 1. The summed E-state index contributed by atoms with van der Waals surface area (Å²) in [5.74, 6) is 3.67. The molecule has 10 nitrogen and oxygen atoms in total. The standard InChI is InChI=1S/C24H30O2.C23H28O2.C22H30O2.C22H32O2.C15H22O2.3CH4/c1-4-23(2,3)20-15-13-19(14-16-20)22(25)26-24(17-9-6-10-18-24)21-11-7-5-8-12-21;1-4-22(2,3)19-14-12-18(13-15-19)21(24)25-23(16-8-9-17-23)20-10-6-5-7-11-20;1-4-21(2,3)20(23)24-22(17-8-6-5-7-9-17)18-11-15-10-16(13-18)14-19(22)12-15;1-4-21(2,3)20(23)24-22(19-12-6-5-7-13-19)15-14-17-10-8-9-11-18(17)16-22;1-6-14(2,3)13(16)17-15(4,5)12-10-8-7-9-11-12;;;/h5,7-8,11-16H,4,6,9-10,17-18H2,1-3H3;5-7,10-15H,4,8-9,16-17H2,1-3H3;5-9,15-16,18-19H,4,10-14H2,1-3H3;5-7,12-13,17-18H,4,8-11,14-16H2,1-3H3;7-11H,6H2,1-5H3;3*1H4. The van der Waals surface area contributed by atoms with Gasteiger partial charge < -0.3 is 23.7 Å². The Morgan fingerprint density at radius 2 is 0.655 bits per heavy atom. The maximum absolute atomic E-state index is 13.0. The smallest absolute Gasteiger partial charge is 0.339 e. The molecular formula is C109H154O10. The van der Waals surface area contributed by atoms with Crippen LogP contribution in [0, 0.1) is 51.8 Å². The molecule has 0 spiro atoms. The fourth-order valence-electron chi connectivity index (χ4n) is 19.1. The summed E-state index contributed by atoms with van der Waals surface area (Å²) in [5, 5.41) is 0. The average Bonchev–Trinajstić information content (AvgIpc) is 1.47. The summed E-state index contributed by atoms with van der Waals surface area (Å²) in [6.45, 7) is 35.1. The molecular weight excluding hydrogens is 1470 g/mol. The van der Waals surface area contributed by atoms with Gasteiger partial charge in [0.05, 0.1) is 27.4 Å². The van der Waals surface area contributed by atoms with Gasteiger partial charge >= 0.3 is 29.8 Å². The van der Waals surface area contributed by atoms with Crippen molar-refractivity contribution < 1.29 is 47.7 Å². The summed E-state index contributed by atoms with van der Waals surface area (Å²) in [5.41, 5.74) is 6.17. The van der Waals surface area contributed by atoms with Crippen molar-refractivity contribution in [1.82, 2.24) is 0 Å². The molecule has 650 valence electrons. The molecule has 8 aliphatic carbocycles. The first-order chi connectivity index (χ1) is 55.1. The molecule has 4 bridgehead atoms. The van der Waals surface area contributed by atoms with Crippen molar-refractivity contribution in [2.75, 3.05) is 0 Å². The Balaban J connectivity index is 0.000000205. The van der Waals surface area contributed by atoms with Gasteiger partial charge in [-0.25, -0.2) is 9.59 Å². The average molecular weight is 1620 g/mol. The van der Waals surface area contributed by atoms with E-state index in [4.69, 9.17) is 23.7 Å². The number of hydrogen-bond acceptors (Lipinski definition) is 10.